The highest BCUT2D eigenvalue weighted by molar-refractivity contribution is 5.46. The van der Waals surface area contributed by atoms with E-state index in [0.29, 0.717) is 5.82 Å². The largest absolute Gasteiger partial charge is 0.384 e. The van der Waals surface area contributed by atoms with E-state index in [2.05, 4.69) is 21.1 Å². The monoisotopic (exact) mass is 239 g/mol. The molecule has 0 unspecified atom stereocenters. The minimum atomic E-state index is 0.595. The number of aryl methyl sites for hydroxylation is 1. The molecule has 2 N–H and O–H groups in total. The van der Waals surface area contributed by atoms with Gasteiger partial charge in [-0.3, -0.25) is 4.98 Å². The molecule has 0 atom stereocenters. The zero-order chi connectivity index (χ0) is 12.5. The summed E-state index contributed by atoms with van der Waals surface area (Å²) >= 11 is 0. The van der Waals surface area contributed by atoms with Crippen molar-refractivity contribution in [2.75, 3.05) is 5.73 Å². The predicted molar refractivity (Wildman–Crippen MR) is 69.2 cm³/mol. The molecule has 5 heteroatoms. The molecule has 90 valence electrons. The van der Waals surface area contributed by atoms with Crippen molar-refractivity contribution in [3.05, 3.63) is 53.6 Å². The molecule has 0 spiro atoms. The van der Waals surface area contributed by atoms with Crippen LogP contribution in [0.25, 0.3) is 5.65 Å². The number of pyridine rings is 1. The Morgan fingerprint density at radius 1 is 1.17 bits per heavy atom. The molecule has 18 heavy (non-hydrogen) atoms. The molecule has 5 nitrogen and oxygen atoms in total. The Balaban J connectivity index is 1.98. The highest BCUT2D eigenvalue weighted by atomic mass is 15.3. The van der Waals surface area contributed by atoms with E-state index >= 15 is 0 Å². The van der Waals surface area contributed by atoms with Gasteiger partial charge in [-0.15, -0.1) is 0 Å². The van der Waals surface area contributed by atoms with Crippen molar-refractivity contribution in [3.63, 3.8) is 0 Å². The average molecular weight is 239 g/mol. The average Bonchev–Trinajstić information content (AvgIpc) is 2.73. The molecule has 0 aromatic carbocycles. The lowest BCUT2D eigenvalue weighted by atomic mass is 10.1. The highest BCUT2D eigenvalue weighted by Crippen LogP contribution is 2.12. The summed E-state index contributed by atoms with van der Waals surface area (Å²) in [5, 5.41) is 4.45. The van der Waals surface area contributed by atoms with Crippen molar-refractivity contribution in [2.24, 2.45) is 0 Å². The van der Waals surface area contributed by atoms with Crippen molar-refractivity contribution in [2.45, 2.75) is 13.3 Å². The first-order valence-corrected chi connectivity index (χ1v) is 5.73. The Bertz CT molecular complexity index is 701. The lowest BCUT2D eigenvalue weighted by Gasteiger charge is -1.98. The maximum atomic E-state index is 5.84. The fourth-order valence-corrected chi connectivity index (χ4v) is 1.97. The van der Waals surface area contributed by atoms with Gasteiger partial charge in [0.1, 0.15) is 5.82 Å². The van der Waals surface area contributed by atoms with Crippen LogP contribution >= 0.6 is 0 Å². The van der Waals surface area contributed by atoms with Crippen LogP contribution in [-0.2, 0) is 6.42 Å². The summed E-state index contributed by atoms with van der Waals surface area (Å²) in [5.41, 5.74) is 9.75. The number of nitrogens with zero attached hydrogens (tertiary/aromatic N) is 4. The fourth-order valence-electron chi connectivity index (χ4n) is 1.97. The first-order chi connectivity index (χ1) is 8.72. The summed E-state index contributed by atoms with van der Waals surface area (Å²) in [7, 11) is 0. The van der Waals surface area contributed by atoms with Crippen LogP contribution in [0.4, 0.5) is 5.82 Å². The smallest absolute Gasteiger partial charge is 0.157 e. The second-order valence-electron chi connectivity index (χ2n) is 4.26. The first kappa shape index (κ1) is 10.7. The first-order valence-electron chi connectivity index (χ1n) is 5.73. The molecule has 0 fully saturated rings. The van der Waals surface area contributed by atoms with Gasteiger partial charge in [0.2, 0.25) is 0 Å². The molecule has 0 saturated heterocycles. The standard InChI is InChI=1S/C13H13N5/c1-9-6-10(2-4-15-9)7-11-8-13-16-5-3-12(14)18(13)17-11/h2-6,8H,7,14H2,1H3. The Hall–Kier alpha value is -2.43. The minimum absolute atomic E-state index is 0.595. The van der Waals surface area contributed by atoms with Crippen molar-refractivity contribution in [1.82, 2.24) is 19.6 Å². The molecular formula is C13H13N5. The number of anilines is 1. The lowest BCUT2D eigenvalue weighted by Crippen LogP contribution is -1.99. The Morgan fingerprint density at radius 3 is 2.78 bits per heavy atom. The van der Waals surface area contributed by atoms with E-state index in [-0.39, 0.29) is 0 Å². The van der Waals surface area contributed by atoms with E-state index in [4.69, 9.17) is 5.73 Å². The zero-order valence-electron chi connectivity index (χ0n) is 10.0. The fraction of sp³-hybridized carbons (Fsp3) is 0.154. The Kier molecular flexibility index (Phi) is 2.44. The van der Waals surface area contributed by atoms with Crippen molar-refractivity contribution >= 4 is 11.5 Å². The SMILES string of the molecule is Cc1cc(Cc2cc3nccc(N)n3n2)ccn1. The molecule has 0 amide bonds. The second-order valence-corrected chi connectivity index (χ2v) is 4.26. The summed E-state index contributed by atoms with van der Waals surface area (Å²) in [4.78, 5) is 8.41. The van der Waals surface area contributed by atoms with Crippen molar-refractivity contribution < 1.29 is 0 Å². The summed E-state index contributed by atoms with van der Waals surface area (Å²) < 4.78 is 1.66. The number of hydrogen-bond donors (Lipinski definition) is 1. The van der Waals surface area contributed by atoms with Crippen LogP contribution in [-0.4, -0.2) is 19.6 Å². The van der Waals surface area contributed by atoms with E-state index in [1.165, 1.54) is 5.56 Å². The number of nitrogen functional groups attached to an aromatic ring is 1. The maximum Gasteiger partial charge on any atom is 0.157 e. The van der Waals surface area contributed by atoms with E-state index in [9.17, 15) is 0 Å². The van der Waals surface area contributed by atoms with Gasteiger partial charge in [-0.05, 0) is 30.7 Å². The maximum absolute atomic E-state index is 5.84. The number of hydrogen-bond acceptors (Lipinski definition) is 4. The topological polar surface area (TPSA) is 69.1 Å². The van der Waals surface area contributed by atoms with Gasteiger partial charge in [0, 0.05) is 30.6 Å². The quantitative estimate of drug-likeness (QED) is 0.737. The summed E-state index contributed by atoms with van der Waals surface area (Å²) in [5.74, 6) is 0.595. The Labute approximate surface area is 104 Å². The highest BCUT2D eigenvalue weighted by Gasteiger charge is 2.05. The molecule has 0 radical (unpaired) electrons. The number of aromatic nitrogens is 4. The molecule has 0 bridgehead atoms. The molecule has 0 aliphatic heterocycles. The summed E-state index contributed by atoms with van der Waals surface area (Å²) in [6.45, 7) is 1.98. The predicted octanol–water partition coefficient (Wildman–Crippen LogP) is 1.61. The van der Waals surface area contributed by atoms with E-state index in [1.807, 2.05) is 25.3 Å². The molecule has 3 aromatic heterocycles. The van der Waals surface area contributed by atoms with E-state index in [1.54, 1.807) is 16.8 Å². The van der Waals surface area contributed by atoms with Crippen LogP contribution < -0.4 is 5.73 Å². The van der Waals surface area contributed by atoms with Gasteiger partial charge < -0.3 is 5.73 Å². The zero-order valence-corrected chi connectivity index (χ0v) is 10.0. The minimum Gasteiger partial charge on any atom is -0.384 e. The third-order valence-corrected chi connectivity index (χ3v) is 2.78. The van der Waals surface area contributed by atoms with E-state index < -0.39 is 0 Å². The molecule has 0 aliphatic carbocycles. The van der Waals surface area contributed by atoms with E-state index in [0.717, 1.165) is 23.5 Å². The third-order valence-electron chi connectivity index (χ3n) is 2.78. The molecule has 3 rings (SSSR count). The van der Waals surface area contributed by atoms with Crippen LogP contribution in [0.5, 0.6) is 0 Å². The summed E-state index contributed by atoms with van der Waals surface area (Å²) in [6, 6.07) is 7.74. The normalized spacial score (nSPS) is 10.9. The van der Waals surface area contributed by atoms with Gasteiger partial charge in [0.15, 0.2) is 5.65 Å². The van der Waals surface area contributed by atoms with Crippen LogP contribution in [0.15, 0.2) is 36.7 Å². The van der Waals surface area contributed by atoms with Gasteiger partial charge in [-0.2, -0.15) is 9.61 Å². The van der Waals surface area contributed by atoms with Gasteiger partial charge >= 0.3 is 0 Å². The molecule has 0 saturated carbocycles. The van der Waals surface area contributed by atoms with Gasteiger partial charge in [-0.1, -0.05) is 0 Å². The van der Waals surface area contributed by atoms with Crippen molar-refractivity contribution in [3.8, 4) is 0 Å². The molecule has 0 aliphatic rings. The van der Waals surface area contributed by atoms with Crippen LogP contribution in [0.3, 0.4) is 0 Å². The van der Waals surface area contributed by atoms with Gasteiger partial charge in [-0.25, -0.2) is 4.98 Å². The van der Waals surface area contributed by atoms with Crippen LogP contribution in [0.2, 0.25) is 0 Å². The number of rotatable bonds is 2. The van der Waals surface area contributed by atoms with Gasteiger partial charge in [0.25, 0.3) is 0 Å². The van der Waals surface area contributed by atoms with Crippen LogP contribution in [0, 0.1) is 6.92 Å². The second kappa shape index (κ2) is 4.10. The number of fused-ring (bicyclic) bond motifs is 1. The third kappa shape index (κ3) is 1.90. The molecule has 3 heterocycles. The molecular weight excluding hydrogens is 226 g/mol. The molecule has 3 aromatic rings. The number of nitrogens with two attached hydrogens (primary N) is 1. The van der Waals surface area contributed by atoms with Crippen LogP contribution in [0.1, 0.15) is 17.0 Å². The Morgan fingerprint density at radius 2 is 2.00 bits per heavy atom. The van der Waals surface area contributed by atoms with Gasteiger partial charge in [0.05, 0.1) is 5.69 Å². The summed E-state index contributed by atoms with van der Waals surface area (Å²) in [6.07, 6.45) is 4.26. The lowest BCUT2D eigenvalue weighted by molar-refractivity contribution is 0.905. The van der Waals surface area contributed by atoms with Crippen molar-refractivity contribution in [1.29, 1.82) is 0 Å².